The van der Waals surface area contributed by atoms with Gasteiger partial charge in [0.1, 0.15) is 0 Å². The summed E-state index contributed by atoms with van der Waals surface area (Å²) in [6.45, 7) is 1.54. The fourth-order valence-electron chi connectivity index (χ4n) is 2.63. The predicted molar refractivity (Wildman–Crippen MR) is 90.5 cm³/mol. The van der Waals surface area contributed by atoms with Crippen molar-refractivity contribution in [1.29, 1.82) is 0 Å². The fourth-order valence-corrected chi connectivity index (χ4v) is 4.04. The number of carbonyl (C=O) groups is 1. The largest absolute Gasteiger partial charge is 0.379 e. The Hall–Kier alpha value is -2.02. The third kappa shape index (κ3) is 3.72. The lowest BCUT2D eigenvalue weighted by molar-refractivity contribution is 0.0730. The quantitative estimate of drug-likeness (QED) is 0.779. The topological polar surface area (TPSA) is 63.7 Å². The van der Waals surface area contributed by atoms with Crippen molar-refractivity contribution in [3.05, 3.63) is 65.7 Å². The number of rotatable bonds is 5. The Morgan fingerprint density at radius 1 is 0.958 bits per heavy atom. The summed E-state index contributed by atoms with van der Waals surface area (Å²) in [4.78, 5) is 12.5. The van der Waals surface area contributed by atoms with Crippen LogP contribution in [0.3, 0.4) is 0 Å². The van der Waals surface area contributed by atoms with E-state index in [4.69, 9.17) is 4.74 Å². The van der Waals surface area contributed by atoms with Crippen LogP contribution in [0, 0.1) is 0 Å². The second-order valence-electron chi connectivity index (χ2n) is 5.63. The maximum Gasteiger partial charge on any atom is 0.243 e. The minimum absolute atomic E-state index is 0.0310. The van der Waals surface area contributed by atoms with Crippen LogP contribution in [0.5, 0.6) is 0 Å². The van der Waals surface area contributed by atoms with Gasteiger partial charge < -0.3 is 4.74 Å². The van der Waals surface area contributed by atoms with Gasteiger partial charge in [0.15, 0.2) is 5.78 Å². The van der Waals surface area contributed by atoms with Gasteiger partial charge in [-0.1, -0.05) is 42.5 Å². The summed E-state index contributed by atoms with van der Waals surface area (Å²) in [5.41, 5.74) is 1.45. The van der Waals surface area contributed by atoms with Gasteiger partial charge >= 0.3 is 0 Å². The first-order chi connectivity index (χ1) is 11.6. The zero-order chi connectivity index (χ0) is 17.0. The molecule has 5 nitrogen and oxygen atoms in total. The predicted octanol–water partition coefficient (Wildman–Crippen LogP) is 2.13. The summed E-state index contributed by atoms with van der Waals surface area (Å²) < 4.78 is 31.7. The van der Waals surface area contributed by atoms with Crippen molar-refractivity contribution in [2.75, 3.05) is 26.3 Å². The van der Waals surface area contributed by atoms with Gasteiger partial charge in [0.2, 0.25) is 10.0 Å². The smallest absolute Gasteiger partial charge is 0.243 e. The Morgan fingerprint density at radius 2 is 1.58 bits per heavy atom. The van der Waals surface area contributed by atoms with Crippen molar-refractivity contribution in [3.63, 3.8) is 0 Å². The first kappa shape index (κ1) is 16.8. The van der Waals surface area contributed by atoms with Crippen molar-refractivity contribution < 1.29 is 17.9 Å². The van der Waals surface area contributed by atoms with E-state index in [1.54, 1.807) is 12.1 Å². The Kier molecular flexibility index (Phi) is 5.08. The second kappa shape index (κ2) is 7.25. The molecule has 0 aromatic heterocycles. The average Bonchev–Trinajstić information content (AvgIpc) is 2.63. The van der Waals surface area contributed by atoms with E-state index in [2.05, 4.69) is 0 Å². The molecule has 1 heterocycles. The number of nitrogens with zero attached hydrogens (tertiary/aromatic N) is 1. The lowest BCUT2D eigenvalue weighted by Gasteiger charge is -2.26. The van der Waals surface area contributed by atoms with Gasteiger partial charge in [0, 0.05) is 25.1 Å². The van der Waals surface area contributed by atoms with Crippen LogP contribution in [0.15, 0.2) is 59.5 Å². The van der Waals surface area contributed by atoms with Gasteiger partial charge in [-0.2, -0.15) is 4.31 Å². The zero-order valence-corrected chi connectivity index (χ0v) is 14.0. The minimum atomic E-state index is -3.52. The Bertz CT molecular complexity index is 795. The molecule has 0 spiro atoms. The van der Waals surface area contributed by atoms with E-state index in [9.17, 15) is 13.2 Å². The highest BCUT2D eigenvalue weighted by Crippen LogP contribution is 2.18. The van der Waals surface area contributed by atoms with Gasteiger partial charge in [0.05, 0.1) is 18.1 Å². The monoisotopic (exact) mass is 345 g/mol. The van der Waals surface area contributed by atoms with Gasteiger partial charge in [-0.25, -0.2) is 8.42 Å². The van der Waals surface area contributed by atoms with Crippen LogP contribution in [0.2, 0.25) is 0 Å². The molecule has 0 aliphatic carbocycles. The number of carbonyl (C=O) groups excluding carboxylic acids is 1. The molecule has 0 amide bonds. The van der Waals surface area contributed by atoms with E-state index in [1.165, 1.54) is 16.4 Å². The van der Waals surface area contributed by atoms with Gasteiger partial charge in [-0.05, 0) is 17.7 Å². The molecule has 24 heavy (non-hydrogen) atoms. The van der Waals surface area contributed by atoms with Crippen molar-refractivity contribution in [1.82, 2.24) is 4.31 Å². The van der Waals surface area contributed by atoms with Gasteiger partial charge in [-0.3, -0.25) is 4.79 Å². The molecular weight excluding hydrogens is 326 g/mol. The molecule has 0 atom stereocenters. The number of Topliss-reactive ketones (excluding diaryl/α,β-unsaturated/α-hetero) is 1. The van der Waals surface area contributed by atoms with Crippen molar-refractivity contribution in [2.45, 2.75) is 11.3 Å². The number of hydrogen-bond donors (Lipinski definition) is 0. The molecule has 0 saturated carbocycles. The number of hydrogen-bond acceptors (Lipinski definition) is 4. The van der Waals surface area contributed by atoms with Crippen molar-refractivity contribution >= 4 is 15.8 Å². The van der Waals surface area contributed by atoms with Crippen LogP contribution < -0.4 is 0 Å². The Balaban J connectivity index is 1.74. The molecule has 0 radical (unpaired) electrons. The molecule has 2 aromatic carbocycles. The summed E-state index contributed by atoms with van der Waals surface area (Å²) >= 11 is 0. The molecule has 1 fully saturated rings. The first-order valence-electron chi connectivity index (χ1n) is 7.82. The number of ketones is 1. The van der Waals surface area contributed by atoms with Crippen LogP contribution in [-0.2, 0) is 21.2 Å². The van der Waals surface area contributed by atoms with E-state index in [0.29, 0.717) is 38.3 Å². The van der Waals surface area contributed by atoms with Crippen LogP contribution in [-0.4, -0.2) is 44.8 Å². The normalized spacial score (nSPS) is 16.0. The zero-order valence-electron chi connectivity index (χ0n) is 13.2. The summed E-state index contributed by atoms with van der Waals surface area (Å²) in [7, 11) is -3.52. The third-order valence-corrected chi connectivity index (χ3v) is 5.90. The minimum Gasteiger partial charge on any atom is -0.379 e. The number of benzene rings is 2. The van der Waals surface area contributed by atoms with Crippen LogP contribution >= 0.6 is 0 Å². The van der Waals surface area contributed by atoms with Crippen molar-refractivity contribution in [2.24, 2.45) is 0 Å². The van der Waals surface area contributed by atoms with Gasteiger partial charge in [-0.15, -0.1) is 0 Å². The maximum atomic E-state index is 12.5. The highest BCUT2D eigenvalue weighted by atomic mass is 32.2. The molecule has 2 aromatic rings. The molecular formula is C18H19NO4S. The summed E-state index contributed by atoms with van der Waals surface area (Å²) in [5, 5.41) is 0. The number of morpholine rings is 1. The van der Waals surface area contributed by atoms with Gasteiger partial charge in [0.25, 0.3) is 0 Å². The molecule has 126 valence electrons. The van der Waals surface area contributed by atoms with E-state index in [-0.39, 0.29) is 10.7 Å². The van der Waals surface area contributed by atoms with E-state index in [0.717, 1.165) is 5.56 Å². The summed E-state index contributed by atoms with van der Waals surface area (Å²) in [6.07, 6.45) is 0.302. The number of sulfonamides is 1. The van der Waals surface area contributed by atoms with E-state index < -0.39 is 10.0 Å². The molecule has 1 saturated heterocycles. The van der Waals surface area contributed by atoms with Crippen LogP contribution in [0.1, 0.15) is 15.9 Å². The molecule has 6 heteroatoms. The highest BCUT2D eigenvalue weighted by Gasteiger charge is 2.26. The summed E-state index contributed by atoms with van der Waals surface area (Å²) in [6, 6.07) is 15.6. The lowest BCUT2D eigenvalue weighted by Crippen LogP contribution is -2.40. The SMILES string of the molecule is O=C(Cc1ccccc1)c1ccc(S(=O)(=O)N2CCOCC2)cc1. The van der Waals surface area contributed by atoms with Crippen molar-refractivity contribution in [3.8, 4) is 0 Å². The molecule has 0 unspecified atom stereocenters. The van der Waals surface area contributed by atoms with Crippen LogP contribution in [0.4, 0.5) is 0 Å². The first-order valence-corrected chi connectivity index (χ1v) is 9.26. The molecule has 0 N–H and O–H groups in total. The Labute approximate surface area is 141 Å². The average molecular weight is 345 g/mol. The third-order valence-electron chi connectivity index (χ3n) is 3.99. The molecule has 1 aliphatic rings. The Morgan fingerprint density at radius 3 is 2.21 bits per heavy atom. The summed E-state index contributed by atoms with van der Waals surface area (Å²) in [5.74, 6) is -0.0310. The second-order valence-corrected chi connectivity index (χ2v) is 7.56. The highest BCUT2D eigenvalue weighted by molar-refractivity contribution is 7.89. The molecule has 3 rings (SSSR count). The number of ether oxygens (including phenoxy) is 1. The van der Waals surface area contributed by atoms with E-state index in [1.807, 2.05) is 30.3 Å². The fraction of sp³-hybridized carbons (Fsp3) is 0.278. The molecule has 0 bridgehead atoms. The van der Waals surface area contributed by atoms with Crippen LogP contribution in [0.25, 0.3) is 0 Å². The van der Waals surface area contributed by atoms with E-state index >= 15 is 0 Å². The molecule has 1 aliphatic heterocycles. The standard InChI is InChI=1S/C18H19NO4S/c20-18(14-15-4-2-1-3-5-15)16-6-8-17(9-7-16)24(21,22)19-10-12-23-13-11-19/h1-9H,10-14H2. The maximum absolute atomic E-state index is 12.5. The lowest BCUT2D eigenvalue weighted by atomic mass is 10.0.